The summed E-state index contributed by atoms with van der Waals surface area (Å²) in [4.78, 5) is 31.0. The number of hydrogen-bond acceptors (Lipinski definition) is 5. The van der Waals surface area contributed by atoms with Gasteiger partial charge in [-0.15, -0.1) is 0 Å². The maximum absolute atomic E-state index is 14.1. The first-order valence-corrected chi connectivity index (χ1v) is 15.4. The lowest BCUT2D eigenvalue weighted by molar-refractivity contribution is -0.575. The Bertz CT molecular complexity index is 2140. The molecule has 0 radical (unpaired) electrons. The number of nitrogens with zero attached hydrogens (tertiary/aromatic N) is 3. The van der Waals surface area contributed by atoms with Gasteiger partial charge in [-0.3, -0.25) is 4.79 Å². The molecule has 6 heteroatoms. The Morgan fingerprint density at radius 1 is 0.660 bits per heavy atom. The molecule has 2 heterocycles. The largest absolute Gasteiger partial charge is 0.422 e. The lowest BCUT2D eigenvalue weighted by Crippen LogP contribution is -2.35. The average Bonchev–Trinajstić information content (AvgIpc) is 3.10. The van der Waals surface area contributed by atoms with Gasteiger partial charge in [-0.05, 0) is 58.7 Å². The number of carbonyl (C=O) groups is 1. The Labute approximate surface area is 274 Å². The molecule has 4 aromatic carbocycles. The number of benzene rings is 4. The van der Waals surface area contributed by atoms with E-state index in [1.165, 1.54) is 0 Å². The molecule has 6 rings (SSSR count). The van der Waals surface area contributed by atoms with E-state index in [9.17, 15) is 9.59 Å². The highest BCUT2D eigenvalue weighted by Gasteiger charge is 2.22. The van der Waals surface area contributed by atoms with Crippen LogP contribution in [0.1, 0.15) is 27.0 Å². The molecular formula is C41H36N3O3+. The first-order chi connectivity index (χ1) is 22.7. The van der Waals surface area contributed by atoms with E-state index >= 15 is 0 Å². The van der Waals surface area contributed by atoms with Crippen LogP contribution in [0.4, 0.5) is 11.4 Å². The molecule has 0 spiro atoms. The lowest BCUT2D eigenvalue weighted by Gasteiger charge is -2.12. The Morgan fingerprint density at radius 2 is 1.21 bits per heavy atom. The van der Waals surface area contributed by atoms with E-state index < -0.39 is 5.63 Å². The smallest absolute Gasteiger partial charge is 0.344 e. The highest BCUT2D eigenvalue weighted by molar-refractivity contribution is 6.25. The van der Waals surface area contributed by atoms with Crippen LogP contribution in [0, 0.1) is 0 Å². The standard InChI is InChI=1S/C41H36N3O3/c1-42(2)35-19-11-29(12-20-35)9-10-30-23-25-44(26-24-30)38(27-31-13-21-36(22-14-31)43(3)4)40(45)33-17-15-32(16-18-33)37-28-34-7-5-6-8-39(34)47-41(37)46/h5-28H,1-4H3/q+1. The number of hydrogen-bond donors (Lipinski definition) is 0. The predicted molar refractivity (Wildman–Crippen MR) is 194 cm³/mol. The summed E-state index contributed by atoms with van der Waals surface area (Å²) in [6, 6.07) is 36.8. The summed E-state index contributed by atoms with van der Waals surface area (Å²) in [6.45, 7) is 0. The number of anilines is 2. The van der Waals surface area contributed by atoms with Gasteiger partial charge in [0.05, 0.1) is 5.56 Å². The zero-order chi connectivity index (χ0) is 32.9. The third-order valence-corrected chi connectivity index (χ3v) is 8.06. The molecule has 0 aliphatic heterocycles. The Morgan fingerprint density at radius 3 is 1.81 bits per heavy atom. The molecule has 47 heavy (non-hydrogen) atoms. The lowest BCUT2D eigenvalue weighted by atomic mass is 10.0. The van der Waals surface area contributed by atoms with Crippen molar-refractivity contribution in [1.82, 2.24) is 0 Å². The van der Waals surface area contributed by atoms with E-state index in [1.807, 2.05) is 117 Å². The number of Topliss-reactive ketones (excluding diaryl/α,β-unsaturated/α-hetero) is 1. The number of para-hydroxylation sites is 1. The molecule has 0 aliphatic carbocycles. The van der Waals surface area contributed by atoms with Crippen molar-refractivity contribution in [2.75, 3.05) is 38.0 Å². The van der Waals surface area contributed by atoms with Crippen LogP contribution in [0.15, 0.2) is 137 Å². The third kappa shape index (κ3) is 7.13. The van der Waals surface area contributed by atoms with Crippen LogP contribution in [0.25, 0.3) is 46.0 Å². The van der Waals surface area contributed by atoms with Crippen LogP contribution in [-0.4, -0.2) is 34.0 Å². The van der Waals surface area contributed by atoms with E-state index in [1.54, 1.807) is 30.3 Å². The second kappa shape index (κ2) is 13.5. The van der Waals surface area contributed by atoms with Crippen LogP contribution >= 0.6 is 0 Å². The fourth-order valence-corrected chi connectivity index (χ4v) is 5.28. The molecule has 2 aromatic heterocycles. The molecule has 6 aromatic rings. The van der Waals surface area contributed by atoms with Crippen LogP contribution < -0.4 is 20.0 Å². The minimum Gasteiger partial charge on any atom is -0.422 e. The molecule has 0 saturated heterocycles. The van der Waals surface area contributed by atoms with Crippen LogP contribution in [0.2, 0.25) is 0 Å². The van der Waals surface area contributed by atoms with Gasteiger partial charge in [0.1, 0.15) is 5.58 Å². The normalized spacial score (nSPS) is 11.6. The number of fused-ring (bicyclic) bond motifs is 1. The summed E-state index contributed by atoms with van der Waals surface area (Å²) < 4.78 is 7.38. The van der Waals surface area contributed by atoms with Crippen molar-refractivity contribution in [3.8, 4) is 11.1 Å². The van der Waals surface area contributed by atoms with E-state index in [2.05, 4.69) is 41.3 Å². The van der Waals surface area contributed by atoms with Crippen molar-refractivity contribution in [2.24, 2.45) is 0 Å². The van der Waals surface area contributed by atoms with Gasteiger partial charge in [0, 0.05) is 68.7 Å². The fraction of sp³-hybridized carbons (Fsp3) is 0.0976. The highest BCUT2D eigenvalue weighted by atomic mass is 16.4. The number of rotatable bonds is 9. The minimum absolute atomic E-state index is 0.145. The number of pyridine rings is 1. The molecule has 0 unspecified atom stereocenters. The summed E-state index contributed by atoms with van der Waals surface area (Å²) in [6.07, 6.45) is 9.84. The van der Waals surface area contributed by atoms with E-state index in [0.29, 0.717) is 28.0 Å². The minimum atomic E-state index is -0.417. The Hall–Kier alpha value is -6.01. The summed E-state index contributed by atoms with van der Waals surface area (Å²) in [5.74, 6) is -0.145. The summed E-state index contributed by atoms with van der Waals surface area (Å²) >= 11 is 0. The molecule has 232 valence electrons. The molecule has 0 fully saturated rings. The van der Waals surface area contributed by atoms with E-state index in [0.717, 1.165) is 33.5 Å². The van der Waals surface area contributed by atoms with Crippen LogP contribution in [0.5, 0.6) is 0 Å². The van der Waals surface area contributed by atoms with Crippen molar-refractivity contribution in [2.45, 2.75) is 0 Å². The predicted octanol–water partition coefficient (Wildman–Crippen LogP) is 7.93. The van der Waals surface area contributed by atoms with Gasteiger partial charge >= 0.3 is 5.63 Å². The van der Waals surface area contributed by atoms with Crippen molar-refractivity contribution in [3.05, 3.63) is 160 Å². The van der Waals surface area contributed by atoms with Gasteiger partial charge in [-0.2, -0.15) is 4.57 Å². The first kappa shape index (κ1) is 31.0. The van der Waals surface area contributed by atoms with Gasteiger partial charge in [0.25, 0.3) is 11.5 Å². The van der Waals surface area contributed by atoms with Crippen LogP contribution in [0.3, 0.4) is 0 Å². The summed E-state index contributed by atoms with van der Waals surface area (Å²) in [5.41, 5.74) is 7.51. The molecule has 0 amide bonds. The molecule has 0 bridgehead atoms. The van der Waals surface area contributed by atoms with Crippen molar-refractivity contribution < 1.29 is 13.8 Å². The number of allylic oxidation sites excluding steroid dienone is 1. The molecule has 0 aliphatic rings. The molecule has 0 atom stereocenters. The van der Waals surface area contributed by atoms with Gasteiger partial charge in [-0.1, -0.05) is 78.9 Å². The average molecular weight is 619 g/mol. The number of carbonyl (C=O) groups excluding carboxylic acids is 1. The third-order valence-electron chi connectivity index (χ3n) is 8.06. The Balaban J connectivity index is 1.30. The van der Waals surface area contributed by atoms with Gasteiger partial charge < -0.3 is 14.2 Å². The zero-order valence-corrected chi connectivity index (χ0v) is 26.9. The fourth-order valence-electron chi connectivity index (χ4n) is 5.28. The second-order valence-corrected chi connectivity index (χ2v) is 11.8. The number of ketones is 1. The van der Waals surface area contributed by atoms with Crippen molar-refractivity contribution in [1.29, 1.82) is 0 Å². The van der Waals surface area contributed by atoms with Crippen molar-refractivity contribution >= 4 is 52.1 Å². The molecule has 0 saturated carbocycles. The molecule has 6 nitrogen and oxygen atoms in total. The Kier molecular flexibility index (Phi) is 8.93. The molecular weight excluding hydrogens is 582 g/mol. The maximum Gasteiger partial charge on any atom is 0.344 e. The summed E-state index contributed by atoms with van der Waals surface area (Å²) in [7, 11) is 8.04. The quantitative estimate of drug-likeness (QED) is 0.0713. The number of aromatic nitrogens is 1. The van der Waals surface area contributed by atoms with E-state index in [4.69, 9.17) is 4.42 Å². The van der Waals surface area contributed by atoms with Gasteiger partial charge in [0.15, 0.2) is 12.4 Å². The first-order valence-electron chi connectivity index (χ1n) is 15.4. The zero-order valence-electron chi connectivity index (χ0n) is 26.9. The summed E-state index contributed by atoms with van der Waals surface area (Å²) in [5, 5.41) is 0.838. The SMILES string of the molecule is CN(C)c1ccc(C=Cc2cc[n+](C(=Cc3ccc(N(C)C)cc3)C(=O)c3ccc(-c4cc5ccccc5oc4=O)cc3)cc2)cc1. The van der Waals surface area contributed by atoms with E-state index in [-0.39, 0.29) is 5.78 Å². The topological polar surface area (TPSA) is 57.6 Å². The molecule has 0 N–H and O–H groups in total. The van der Waals surface area contributed by atoms with Crippen LogP contribution in [-0.2, 0) is 0 Å². The maximum atomic E-state index is 14.1. The monoisotopic (exact) mass is 618 g/mol. The highest BCUT2D eigenvalue weighted by Crippen LogP contribution is 2.23. The van der Waals surface area contributed by atoms with Gasteiger partial charge in [-0.25, -0.2) is 4.79 Å². The second-order valence-electron chi connectivity index (χ2n) is 11.8. The van der Waals surface area contributed by atoms with Gasteiger partial charge in [0.2, 0.25) is 0 Å². The van der Waals surface area contributed by atoms with Crippen molar-refractivity contribution in [3.63, 3.8) is 0 Å².